The number of nitrogens with two attached hydrogens (primary N) is 1. The minimum absolute atomic E-state index is 0. The van der Waals surface area contributed by atoms with Gasteiger partial charge in [0.15, 0.2) is 0 Å². The summed E-state index contributed by atoms with van der Waals surface area (Å²) in [6.45, 7) is 3.53. The molecule has 0 radical (unpaired) electrons. The van der Waals surface area contributed by atoms with Gasteiger partial charge in [0.05, 0.1) is 5.56 Å². The zero-order valence-electron chi connectivity index (χ0n) is 9.38. The van der Waals surface area contributed by atoms with Crippen molar-refractivity contribution in [2.45, 2.75) is 26.1 Å². The predicted octanol–water partition coefficient (Wildman–Crippen LogP) is 3.92. The van der Waals surface area contributed by atoms with E-state index in [1.807, 2.05) is 0 Å². The fraction of sp³-hybridized carbons (Fsp3) is 0.455. The summed E-state index contributed by atoms with van der Waals surface area (Å²) in [5.74, 6) is -0.969. The maximum Gasteiger partial charge on any atom is 0.416 e. The van der Waals surface area contributed by atoms with E-state index in [-0.39, 0.29) is 23.9 Å². The Morgan fingerprint density at radius 3 is 2.06 bits per heavy atom. The van der Waals surface area contributed by atoms with Crippen molar-refractivity contribution in [3.05, 3.63) is 35.1 Å². The second kappa shape index (κ2) is 5.69. The molecule has 1 atom stereocenters. The zero-order valence-corrected chi connectivity index (χ0v) is 10.2. The van der Waals surface area contributed by atoms with Crippen LogP contribution in [0.1, 0.15) is 31.0 Å². The van der Waals surface area contributed by atoms with Crippen LogP contribution in [-0.2, 0) is 6.18 Å². The molecule has 0 fully saturated rings. The second-order valence-electron chi connectivity index (χ2n) is 4.04. The van der Waals surface area contributed by atoms with Crippen LogP contribution in [0.4, 0.5) is 17.6 Å². The monoisotopic (exact) mass is 271 g/mol. The quantitative estimate of drug-likeness (QED) is 0.811. The van der Waals surface area contributed by atoms with E-state index in [1.54, 1.807) is 13.8 Å². The summed E-state index contributed by atoms with van der Waals surface area (Å²) in [6.07, 6.45) is -4.55. The van der Waals surface area contributed by atoms with Crippen LogP contribution in [0.3, 0.4) is 0 Å². The second-order valence-corrected chi connectivity index (χ2v) is 4.04. The van der Waals surface area contributed by atoms with Crippen molar-refractivity contribution in [2.24, 2.45) is 11.7 Å². The Hall–Kier alpha value is -0.810. The number of hydrogen-bond acceptors (Lipinski definition) is 1. The Morgan fingerprint density at radius 1 is 1.12 bits per heavy atom. The Bertz CT molecular complexity index is 376. The number of alkyl halides is 3. The Morgan fingerprint density at radius 2 is 1.65 bits per heavy atom. The molecule has 0 aromatic heterocycles. The third kappa shape index (κ3) is 4.16. The molecule has 98 valence electrons. The average Bonchev–Trinajstić information content (AvgIpc) is 2.14. The molecule has 0 spiro atoms. The van der Waals surface area contributed by atoms with Gasteiger partial charge in [0, 0.05) is 6.04 Å². The number of benzene rings is 1. The minimum Gasteiger partial charge on any atom is -0.324 e. The van der Waals surface area contributed by atoms with Crippen LogP contribution in [0.2, 0.25) is 0 Å². The summed E-state index contributed by atoms with van der Waals surface area (Å²) in [7, 11) is 0. The van der Waals surface area contributed by atoms with Crippen molar-refractivity contribution in [3.63, 3.8) is 0 Å². The molecule has 0 saturated heterocycles. The molecule has 0 saturated carbocycles. The summed E-state index contributed by atoms with van der Waals surface area (Å²) < 4.78 is 50.2. The van der Waals surface area contributed by atoms with Gasteiger partial charge in [-0.3, -0.25) is 0 Å². The van der Waals surface area contributed by atoms with Gasteiger partial charge < -0.3 is 5.73 Å². The SMILES string of the molecule is CC(C)C(N)c1cc(F)cc(C(F)(F)F)c1.Cl. The molecule has 0 aliphatic rings. The van der Waals surface area contributed by atoms with E-state index >= 15 is 0 Å². The summed E-state index contributed by atoms with van der Waals surface area (Å²) in [5.41, 5.74) is 4.85. The molecule has 1 rings (SSSR count). The molecule has 0 amide bonds. The van der Waals surface area contributed by atoms with Gasteiger partial charge in [-0.1, -0.05) is 13.8 Å². The van der Waals surface area contributed by atoms with Crippen LogP contribution in [0.15, 0.2) is 18.2 Å². The lowest BCUT2D eigenvalue weighted by Crippen LogP contribution is -2.18. The van der Waals surface area contributed by atoms with Crippen molar-refractivity contribution >= 4 is 12.4 Å². The van der Waals surface area contributed by atoms with Crippen LogP contribution >= 0.6 is 12.4 Å². The molecule has 0 aliphatic heterocycles. The van der Waals surface area contributed by atoms with Gasteiger partial charge in [0.1, 0.15) is 5.82 Å². The lowest BCUT2D eigenvalue weighted by Gasteiger charge is -2.17. The standard InChI is InChI=1S/C11H13F4N.ClH/c1-6(2)10(16)7-3-8(11(13,14)15)5-9(12)4-7;/h3-6,10H,16H2,1-2H3;1H. The fourth-order valence-corrected chi connectivity index (χ4v) is 1.35. The highest BCUT2D eigenvalue weighted by atomic mass is 35.5. The van der Waals surface area contributed by atoms with Crippen LogP contribution in [0.25, 0.3) is 0 Å². The zero-order chi connectivity index (χ0) is 12.5. The molecule has 0 aliphatic carbocycles. The summed E-state index contributed by atoms with van der Waals surface area (Å²) in [5, 5.41) is 0. The first-order chi connectivity index (χ1) is 7.21. The Labute approximate surface area is 103 Å². The Balaban J connectivity index is 0.00000256. The average molecular weight is 272 g/mol. The van der Waals surface area contributed by atoms with Crippen molar-refractivity contribution in [1.29, 1.82) is 0 Å². The van der Waals surface area contributed by atoms with E-state index in [0.29, 0.717) is 6.07 Å². The van der Waals surface area contributed by atoms with E-state index in [2.05, 4.69) is 0 Å². The van der Waals surface area contributed by atoms with Gasteiger partial charge in [0.2, 0.25) is 0 Å². The first-order valence-corrected chi connectivity index (χ1v) is 4.85. The summed E-state index contributed by atoms with van der Waals surface area (Å²) in [6, 6.07) is 1.81. The third-order valence-electron chi connectivity index (χ3n) is 2.35. The van der Waals surface area contributed by atoms with E-state index in [4.69, 9.17) is 5.73 Å². The molecular formula is C11H14ClF4N. The fourth-order valence-electron chi connectivity index (χ4n) is 1.35. The first kappa shape index (κ1) is 16.2. The normalized spacial score (nSPS) is 13.4. The molecule has 0 bridgehead atoms. The van der Waals surface area contributed by atoms with E-state index in [1.165, 1.54) is 0 Å². The molecule has 1 nitrogen and oxygen atoms in total. The van der Waals surface area contributed by atoms with E-state index in [9.17, 15) is 17.6 Å². The maximum atomic E-state index is 13.0. The highest BCUT2D eigenvalue weighted by Crippen LogP contribution is 2.32. The van der Waals surface area contributed by atoms with Gasteiger partial charge in [-0.2, -0.15) is 13.2 Å². The largest absolute Gasteiger partial charge is 0.416 e. The van der Waals surface area contributed by atoms with Crippen molar-refractivity contribution in [3.8, 4) is 0 Å². The number of hydrogen-bond donors (Lipinski definition) is 1. The van der Waals surface area contributed by atoms with E-state index in [0.717, 1.165) is 12.1 Å². The van der Waals surface area contributed by atoms with Crippen LogP contribution in [0.5, 0.6) is 0 Å². The molecule has 1 unspecified atom stereocenters. The highest BCUT2D eigenvalue weighted by Gasteiger charge is 2.31. The van der Waals surface area contributed by atoms with Gasteiger partial charge in [0.25, 0.3) is 0 Å². The lowest BCUT2D eigenvalue weighted by molar-refractivity contribution is -0.137. The van der Waals surface area contributed by atoms with Crippen molar-refractivity contribution in [1.82, 2.24) is 0 Å². The van der Waals surface area contributed by atoms with E-state index < -0.39 is 23.6 Å². The summed E-state index contributed by atoms with van der Waals surface area (Å²) >= 11 is 0. The number of rotatable bonds is 2. The van der Waals surface area contributed by atoms with Crippen LogP contribution in [-0.4, -0.2) is 0 Å². The van der Waals surface area contributed by atoms with Gasteiger partial charge >= 0.3 is 6.18 Å². The molecule has 1 aromatic rings. The molecule has 2 N–H and O–H groups in total. The molecule has 6 heteroatoms. The van der Waals surface area contributed by atoms with Crippen molar-refractivity contribution < 1.29 is 17.6 Å². The summed E-state index contributed by atoms with van der Waals surface area (Å²) in [4.78, 5) is 0. The lowest BCUT2D eigenvalue weighted by atomic mass is 9.95. The topological polar surface area (TPSA) is 26.0 Å². The number of halogens is 5. The van der Waals surface area contributed by atoms with Crippen LogP contribution in [0, 0.1) is 11.7 Å². The minimum atomic E-state index is -4.55. The molecule has 17 heavy (non-hydrogen) atoms. The highest BCUT2D eigenvalue weighted by molar-refractivity contribution is 5.85. The molecule has 0 heterocycles. The van der Waals surface area contributed by atoms with Gasteiger partial charge in [-0.05, 0) is 29.7 Å². The smallest absolute Gasteiger partial charge is 0.324 e. The van der Waals surface area contributed by atoms with Gasteiger partial charge in [-0.15, -0.1) is 12.4 Å². The first-order valence-electron chi connectivity index (χ1n) is 4.85. The predicted molar refractivity (Wildman–Crippen MR) is 60.4 cm³/mol. The van der Waals surface area contributed by atoms with Crippen LogP contribution < -0.4 is 5.73 Å². The third-order valence-corrected chi connectivity index (χ3v) is 2.35. The van der Waals surface area contributed by atoms with Crippen molar-refractivity contribution in [2.75, 3.05) is 0 Å². The molecular weight excluding hydrogens is 258 g/mol. The van der Waals surface area contributed by atoms with Gasteiger partial charge in [-0.25, -0.2) is 4.39 Å². The molecule has 1 aromatic carbocycles. The Kier molecular flexibility index (Phi) is 5.42. The maximum absolute atomic E-state index is 13.0.